The van der Waals surface area contributed by atoms with Crippen LogP contribution in [0.15, 0.2) is 42.5 Å². The molecule has 0 radical (unpaired) electrons. The number of fused-ring (bicyclic) bond motifs is 1. The molecular formula is C22H26N2O5. The SMILES string of the molecule is CCCCC(=O)Nc1ccc2c(c1)N(CCOc1ccc(OC)cc1)C(=O)CO2. The highest BCUT2D eigenvalue weighted by atomic mass is 16.5. The number of carbonyl (C=O) groups excluding carboxylic acids is 2. The number of anilines is 2. The maximum Gasteiger partial charge on any atom is 0.265 e. The van der Waals surface area contributed by atoms with Crippen molar-refractivity contribution in [3.05, 3.63) is 42.5 Å². The van der Waals surface area contributed by atoms with Gasteiger partial charge in [0, 0.05) is 12.1 Å². The Labute approximate surface area is 170 Å². The number of hydrogen-bond acceptors (Lipinski definition) is 5. The molecule has 0 saturated carbocycles. The molecule has 0 atom stereocenters. The molecule has 1 heterocycles. The average molecular weight is 398 g/mol. The third-order valence-corrected chi connectivity index (χ3v) is 4.59. The lowest BCUT2D eigenvalue weighted by Gasteiger charge is -2.29. The van der Waals surface area contributed by atoms with Crippen molar-refractivity contribution in [3.8, 4) is 17.2 Å². The van der Waals surface area contributed by atoms with E-state index in [1.807, 2.05) is 31.2 Å². The van der Waals surface area contributed by atoms with Crippen molar-refractivity contribution in [2.24, 2.45) is 0 Å². The number of methoxy groups -OCH3 is 1. The van der Waals surface area contributed by atoms with E-state index < -0.39 is 0 Å². The van der Waals surface area contributed by atoms with Crippen LogP contribution in [0.2, 0.25) is 0 Å². The highest BCUT2D eigenvalue weighted by Gasteiger charge is 2.26. The van der Waals surface area contributed by atoms with Gasteiger partial charge in [-0.2, -0.15) is 0 Å². The number of ether oxygens (including phenoxy) is 3. The number of nitrogens with zero attached hydrogens (tertiary/aromatic N) is 1. The standard InChI is InChI=1S/C22H26N2O5/c1-3-4-5-21(25)23-16-6-11-20-19(14-16)24(22(26)15-29-20)12-13-28-18-9-7-17(27-2)8-10-18/h6-11,14H,3-5,12-13,15H2,1-2H3,(H,23,25). The van der Waals surface area contributed by atoms with Crippen LogP contribution >= 0.6 is 0 Å². The van der Waals surface area contributed by atoms with Gasteiger partial charge in [-0.05, 0) is 48.9 Å². The summed E-state index contributed by atoms with van der Waals surface area (Å²) in [5, 5.41) is 2.88. The van der Waals surface area contributed by atoms with E-state index in [2.05, 4.69) is 5.32 Å². The highest BCUT2D eigenvalue weighted by molar-refractivity contribution is 5.99. The molecule has 7 nitrogen and oxygen atoms in total. The third-order valence-electron chi connectivity index (χ3n) is 4.59. The van der Waals surface area contributed by atoms with Crippen LogP contribution in [0.25, 0.3) is 0 Å². The Kier molecular flexibility index (Phi) is 6.94. The zero-order chi connectivity index (χ0) is 20.6. The summed E-state index contributed by atoms with van der Waals surface area (Å²) in [4.78, 5) is 26.0. The quantitative estimate of drug-likeness (QED) is 0.698. The van der Waals surface area contributed by atoms with Gasteiger partial charge in [-0.3, -0.25) is 9.59 Å². The lowest BCUT2D eigenvalue weighted by molar-refractivity contribution is -0.121. The zero-order valence-electron chi connectivity index (χ0n) is 16.8. The second kappa shape index (κ2) is 9.82. The maximum atomic E-state index is 12.4. The van der Waals surface area contributed by atoms with Gasteiger partial charge in [0.1, 0.15) is 23.9 Å². The predicted molar refractivity (Wildman–Crippen MR) is 111 cm³/mol. The lowest BCUT2D eigenvalue weighted by atomic mass is 10.2. The molecule has 7 heteroatoms. The Morgan fingerprint density at radius 3 is 2.66 bits per heavy atom. The number of carbonyl (C=O) groups is 2. The Morgan fingerprint density at radius 2 is 1.93 bits per heavy atom. The van der Waals surface area contributed by atoms with Crippen LogP contribution in [0, 0.1) is 0 Å². The molecule has 0 unspecified atom stereocenters. The molecule has 1 aliphatic heterocycles. The molecule has 154 valence electrons. The van der Waals surface area contributed by atoms with Gasteiger partial charge in [0.05, 0.1) is 19.3 Å². The van der Waals surface area contributed by atoms with E-state index in [1.54, 1.807) is 30.2 Å². The van der Waals surface area contributed by atoms with Crippen molar-refractivity contribution in [1.82, 2.24) is 0 Å². The predicted octanol–water partition coefficient (Wildman–Crippen LogP) is 3.63. The number of unbranched alkanes of at least 4 members (excludes halogenated alkanes) is 1. The molecule has 0 spiro atoms. The van der Waals surface area contributed by atoms with Crippen molar-refractivity contribution in [3.63, 3.8) is 0 Å². The molecule has 0 bridgehead atoms. The average Bonchev–Trinajstić information content (AvgIpc) is 2.74. The van der Waals surface area contributed by atoms with E-state index in [0.717, 1.165) is 18.6 Å². The monoisotopic (exact) mass is 398 g/mol. The van der Waals surface area contributed by atoms with E-state index in [9.17, 15) is 9.59 Å². The molecule has 29 heavy (non-hydrogen) atoms. The van der Waals surface area contributed by atoms with E-state index in [0.29, 0.717) is 42.4 Å². The normalized spacial score (nSPS) is 12.8. The smallest absolute Gasteiger partial charge is 0.265 e. The van der Waals surface area contributed by atoms with Gasteiger partial charge in [0.25, 0.3) is 5.91 Å². The van der Waals surface area contributed by atoms with Gasteiger partial charge in [0.15, 0.2) is 6.61 Å². The Balaban J connectivity index is 1.65. The number of nitrogens with one attached hydrogen (secondary N) is 1. The van der Waals surface area contributed by atoms with Gasteiger partial charge >= 0.3 is 0 Å². The Morgan fingerprint density at radius 1 is 1.17 bits per heavy atom. The van der Waals surface area contributed by atoms with Crippen LogP contribution in [0.3, 0.4) is 0 Å². The van der Waals surface area contributed by atoms with Crippen LogP contribution in [0.4, 0.5) is 11.4 Å². The van der Waals surface area contributed by atoms with Crippen molar-refractivity contribution in [2.75, 3.05) is 37.1 Å². The Bertz CT molecular complexity index is 851. The molecule has 1 N–H and O–H groups in total. The fourth-order valence-corrected chi connectivity index (χ4v) is 3.01. The molecule has 0 saturated heterocycles. The number of hydrogen-bond donors (Lipinski definition) is 1. The number of benzene rings is 2. The van der Waals surface area contributed by atoms with Crippen LogP contribution < -0.4 is 24.4 Å². The van der Waals surface area contributed by atoms with Crippen molar-refractivity contribution in [2.45, 2.75) is 26.2 Å². The summed E-state index contributed by atoms with van der Waals surface area (Å²) >= 11 is 0. The minimum absolute atomic E-state index is 0.0161. The van der Waals surface area contributed by atoms with E-state index in [-0.39, 0.29) is 18.4 Å². The summed E-state index contributed by atoms with van der Waals surface area (Å²) < 4.78 is 16.4. The van der Waals surface area contributed by atoms with E-state index in [4.69, 9.17) is 14.2 Å². The minimum Gasteiger partial charge on any atom is -0.497 e. The molecule has 0 fully saturated rings. The van der Waals surface area contributed by atoms with Gasteiger partial charge < -0.3 is 24.4 Å². The topological polar surface area (TPSA) is 77.1 Å². The largest absolute Gasteiger partial charge is 0.497 e. The minimum atomic E-state index is -0.148. The first-order chi connectivity index (χ1) is 14.1. The van der Waals surface area contributed by atoms with Gasteiger partial charge in [-0.1, -0.05) is 13.3 Å². The lowest BCUT2D eigenvalue weighted by Crippen LogP contribution is -2.41. The summed E-state index contributed by atoms with van der Waals surface area (Å²) in [6.45, 7) is 2.72. The van der Waals surface area contributed by atoms with E-state index in [1.165, 1.54) is 0 Å². The van der Waals surface area contributed by atoms with Gasteiger partial charge in [0.2, 0.25) is 5.91 Å². The first kappa shape index (κ1) is 20.5. The summed E-state index contributed by atoms with van der Waals surface area (Å²) in [5.74, 6) is 1.88. The Hall–Kier alpha value is -3.22. The van der Waals surface area contributed by atoms with Crippen molar-refractivity contribution < 1.29 is 23.8 Å². The molecule has 2 aromatic rings. The number of amides is 2. The molecule has 2 aromatic carbocycles. The number of rotatable bonds is 9. The van der Waals surface area contributed by atoms with E-state index >= 15 is 0 Å². The summed E-state index contributed by atoms with van der Waals surface area (Å²) in [6.07, 6.45) is 2.28. The maximum absolute atomic E-state index is 12.4. The van der Waals surface area contributed by atoms with Crippen LogP contribution in [-0.4, -0.2) is 38.7 Å². The van der Waals surface area contributed by atoms with Crippen LogP contribution in [0.5, 0.6) is 17.2 Å². The van der Waals surface area contributed by atoms with Crippen molar-refractivity contribution in [1.29, 1.82) is 0 Å². The molecular weight excluding hydrogens is 372 g/mol. The summed E-state index contributed by atoms with van der Waals surface area (Å²) in [5.41, 5.74) is 1.28. The fourth-order valence-electron chi connectivity index (χ4n) is 3.01. The second-order valence-electron chi connectivity index (χ2n) is 6.69. The first-order valence-corrected chi connectivity index (χ1v) is 9.74. The second-order valence-corrected chi connectivity index (χ2v) is 6.69. The zero-order valence-corrected chi connectivity index (χ0v) is 16.8. The third kappa shape index (κ3) is 5.40. The van der Waals surface area contributed by atoms with Crippen LogP contribution in [-0.2, 0) is 9.59 Å². The summed E-state index contributed by atoms with van der Waals surface area (Å²) in [6, 6.07) is 12.6. The van der Waals surface area contributed by atoms with Crippen LogP contribution in [0.1, 0.15) is 26.2 Å². The summed E-state index contributed by atoms with van der Waals surface area (Å²) in [7, 11) is 1.61. The molecule has 0 aromatic heterocycles. The van der Waals surface area contributed by atoms with Gasteiger partial charge in [-0.25, -0.2) is 0 Å². The fraction of sp³-hybridized carbons (Fsp3) is 0.364. The molecule has 3 rings (SSSR count). The molecule has 2 amide bonds. The molecule has 0 aliphatic carbocycles. The first-order valence-electron chi connectivity index (χ1n) is 9.74. The van der Waals surface area contributed by atoms with Crippen molar-refractivity contribution >= 4 is 23.2 Å². The highest BCUT2D eigenvalue weighted by Crippen LogP contribution is 2.34. The molecule has 1 aliphatic rings. The van der Waals surface area contributed by atoms with Gasteiger partial charge in [-0.15, -0.1) is 0 Å².